The van der Waals surface area contributed by atoms with Gasteiger partial charge in [0, 0.05) is 11.4 Å². The van der Waals surface area contributed by atoms with Crippen molar-refractivity contribution in [1.29, 1.82) is 0 Å². The van der Waals surface area contributed by atoms with E-state index in [0.29, 0.717) is 11.4 Å². The number of hydrogen-bond donors (Lipinski definition) is 2. The molecule has 0 saturated carbocycles. The summed E-state index contributed by atoms with van der Waals surface area (Å²) in [6.07, 6.45) is 3.66. The molecule has 2 aromatic carbocycles. The number of amides is 2. The third-order valence-electron chi connectivity index (χ3n) is 4.32. The highest BCUT2D eigenvalue weighted by Crippen LogP contribution is 2.17. The summed E-state index contributed by atoms with van der Waals surface area (Å²) in [6, 6.07) is 21.8. The molecule has 0 aliphatic carbocycles. The molecule has 4 aromatic rings. The first-order valence-corrected chi connectivity index (χ1v) is 9.05. The van der Waals surface area contributed by atoms with E-state index in [9.17, 15) is 9.59 Å². The maximum Gasteiger partial charge on any atom is 0.291 e. The van der Waals surface area contributed by atoms with E-state index < -0.39 is 0 Å². The van der Waals surface area contributed by atoms with Crippen LogP contribution in [-0.2, 0) is 6.42 Å². The van der Waals surface area contributed by atoms with Crippen molar-refractivity contribution >= 4 is 23.2 Å². The van der Waals surface area contributed by atoms with E-state index in [0.717, 1.165) is 17.5 Å². The van der Waals surface area contributed by atoms with Gasteiger partial charge in [0.25, 0.3) is 11.8 Å². The van der Waals surface area contributed by atoms with E-state index in [1.807, 2.05) is 48.5 Å². The second-order valence-electron chi connectivity index (χ2n) is 6.43. The van der Waals surface area contributed by atoms with Crippen molar-refractivity contribution in [3.8, 4) is 0 Å². The van der Waals surface area contributed by atoms with Gasteiger partial charge in [-0.15, -0.1) is 0 Å². The Morgan fingerprint density at radius 2 is 1.03 bits per heavy atom. The molecule has 2 heterocycles. The first-order chi connectivity index (χ1) is 14.2. The number of hydrogen-bond acceptors (Lipinski definition) is 4. The normalized spacial score (nSPS) is 10.5. The zero-order valence-electron chi connectivity index (χ0n) is 15.4. The lowest BCUT2D eigenvalue weighted by atomic mass is 10.0. The predicted octanol–water partition coefficient (Wildman–Crippen LogP) is 4.97. The van der Waals surface area contributed by atoms with Crippen molar-refractivity contribution in [2.75, 3.05) is 10.6 Å². The SMILES string of the molecule is O=C(Nc1ccc(Cc2ccc(NC(=O)c3ccco3)cc2)cc1)c1ccco1. The van der Waals surface area contributed by atoms with Gasteiger partial charge in [-0.25, -0.2) is 0 Å². The van der Waals surface area contributed by atoms with Gasteiger partial charge in [-0.05, 0) is 66.1 Å². The van der Waals surface area contributed by atoms with Gasteiger partial charge in [-0.3, -0.25) is 9.59 Å². The Morgan fingerprint density at radius 1 is 0.621 bits per heavy atom. The van der Waals surface area contributed by atoms with E-state index in [-0.39, 0.29) is 23.3 Å². The van der Waals surface area contributed by atoms with Gasteiger partial charge in [-0.1, -0.05) is 24.3 Å². The summed E-state index contributed by atoms with van der Waals surface area (Å²) in [4.78, 5) is 24.0. The largest absolute Gasteiger partial charge is 0.459 e. The second kappa shape index (κ2) is 8.31. The lowest BCUT2D eigenvalue weighted by Crippen LogP contribution is -2.10. The van der Waals surface area contributed by atoms with Crippen LogP contribution in [0.2, 0.25) is 0 Å². The van der Waals surface area contributed by atoms with Gasteiger partial charge >= 0.3 is 0 Å². The molecule has 0 atom stereocenters. The topological polar surface area (TPSA) is 84.5 Å². The molecule has 0 unspecified atom stereocenters. The first kappa shape index (κ1) is 18.3. The fourth-order valence-electron chi connectivity index (χ4n) is 2.85. The van der Waals surface area contributed by atoms with Gasteiger partial charge in [0.15, 0.2) is 11.5 Å². The molecule has 0 aliphatic rings. The number of anilines is 2. The summed E-state index contributed by atoms with van der Waals surface area (Å²) in [5.41, 5.74) is 3.61. The monoisotopic (exact) mass is 386 g/mol. The molecule has 0 radical (unpaired) electrons. The minimum Gasteiger partial charge on any atom is -0.459 e. The van der Waals surface area contributed by atoms with Crippen molar-refractivity contribution in [2.24, 2.45) is 0 Å². The molecule has 0 aliphatic heterocycles. The Morgan fingerprint density at radius 3 is 1.38 bits per heavy atom. The van der Waals surface area contributed by atoms with Crippen LogP contribution in [-0.4, -0.2) is 11.8 Å². The molecule has 0 bridgehead atoms. The molecule has 2 aromatic heterocycles. The van der Waals surface area contributed by atoms with Gasteiger partial charge < -0.3 is 19.5 Å². The predicted molar refractivity (Wildman–Crippen MR) is 109 cm³/mol. The number of benzene rings is 2. The number of furan rings is 2. The molecular formula is C23H18N2O4. The van der Waals surface area contributed by atoms with Crippen molar-refractivity contribution in [3.05, 3.63) is 108 Å². The van der Waals surface area contributed by atoms with E-state index in [2.05, 4.69) is 10.6 Å². The van der Waals surface area contributed by atoms with Crippen LogP contribution in [0.4, 0.5) is 11.4 Å². The smallest absolute Gasteiger partial charge is 0.291 e. The molecule has 0 spiro atoms. The molecule has 4 rings (SSSR count). The van der Waals surface area contributed by atoms with Crippen LogP contribution in [0.5, 0.6) is 0 Å². The fraction of sp³-hybridized carbons (Fsp3) is 0.0435. The number of rotatable bonds is 6. The number of carbonyl (C=O) groups is 2. The van der Waals surface area contributed by atoms with Gasteiger partial charge in [0.1, 0.15) is 0 Å². The molecule has 0 fully saturated rings. The number of nitrogens with one attached hydrogen (secondary N) is 2. The number of carbonyl (C=O) groups excluding carboxylic acids is 2. The lowest BCUT2D eigenvalue weighted by Gasteiger charge is -2.07. The fourth-order valence-corrected chi connectivity index (χ4v) is 2.85. The summed E-state index contributed by atoms with van der Waals surface area (Å²) >= 11 is 0. The minimum absolute atomic E-state index is 0.272. The molecule has 2 amide bonds. The summed E-state index contributed by atoms with van der Waals surface area (Å²) in [5.74, 6) is -0.0218. The van der Waals surface area contributed by atoms with Crippen LogP contribution in [0.3, 0.4) is 0 Å². The highest BCUT2D eigenvalue weighted by atomic mass is 16.3. The molecule has 2 N–H and O–H groups in total. The van der Waals surface area contributed by atoms with Crippen LogP contribution in [0.25, 0.3) is 0 Å². The Bertz CT molecular complexity index is 991. The maximum absolute atomic E-state index is 12.0. The average Bonchev–Trinajstić information content (AvgIpc) is 3.45. The third-order valence-corrected chi connectivity index (χ3v) is 4.32. The lowest BCUT2D eigenvalue weighted by molar-refractivity contribution is 0.0989. The van der Waals surface area contributed by atoms with E-state index in [1.54, 1.807) is 24.3 Å². The van der Waals surface area contributed by atoms with Crippen molar-refractivity contribution in [2.45, 2.75) is 6.42 Å². The molecule has 144 valence electrons. The highest BCUT2D eigenvalue weighted by Gasteiger charge is 2.09. The Kier molecular flexibility index (Phi) is 5.25. The van der Waals surface area contributed by atoms with Crippen molar-refractivity contribution in [3.63, 3.8) is 0 Å². The first-order valence-electron chi connectivity index (χ1n) is 9.05. The second-order valence-corrected chi connectivity index (χ2v) is 6.43. The van der Waals surface area contributed by atoms with Gasteiger partial charge in [-0.2, -0.15) is 0 Å². The summed E-state index contributed by atoms with van der Waals surface area (Å²) in [7, 11) is 0. The quantitative estimate of drug-likeness (QED) is 0.490. The summed E-state index contributed by atoms with van der Waals surface area (Å²) in [5, 5.41) is 5.58. The Labute approximate surface area is 167 Å². The van der Waals surface area contributed by atoms with Crippen LogP contribution in [0, 0.1) is 0 Å². The van der Waals surface area contributed by atoms with Gasteiger partial charge in [0.05, 0.1) is 12.5 Å². The van der Waals surface area contributed by atoms with Crippen molar-refractivity contribution in [1.82, 2.24) is 0 Å². The Hall–Kier alpha value is -4.06. The summed E-state index contributed by atoms with van der Waals surface area (Å²) in [6.45, 7) is 0. The standard InChI is InChI=1S/C23H18N2O4/c26-22(20-3-1-13-28-20)24-18-9-5-16(6-10-18)15-17-7-11-19(12-8-17)25-23(27)21-4-2-14-29-21/h1-14H,15H2,(H,24,26)(H,25,27). The average molecular weight is 386 g/mol. The van der Waals surface area contributed by atoms with Gasteiger partial charge in [0.2, 0.25) is 0 Å². The Balaban J connectivity index is 1.34. The molecule has 6 nitrogen and oxygen atoms in total. The van der Waals surface area contributed by atoms with Crippen LogP contribution in [0.15, 0.2) is 94.2 Å². The van der Waals surface area contributed by atoms with E-state index >= 15 is 0 Å². The third kappa shape index (κ3) is 4.62. The highest BCUT2D eigenvalue weighted by molar-refractivity contribution is 6.02. The summed E-state index contributed by atoms with van der Waals surface area (Å²) < 4.78 is 10.2. The molecular weight excluding hydrogens is 368 g/mol. The maximum atomic E-state index is 12.0. The molecule has 29 heavy (non-hydrogen) atoms. The van der Waals surface area contributed by atoms with Crippen LogP contribution in [0.1, 0.15) is 32.2 Å². The molecule has 0 saturated heterocycles. The van der Waals surface area contributed by atoms with Crippen LogP contribution >= 0.6 is 0 Å². The zero-order chi connectivity index (χ0) is 20.1. The van der Waals surface area contributed by atoms with E-state index in [4.69, 9.17) is 8.83 Å². The minimum atomic E-state index is -0.282. The molecule has 6 heteroatoms. The van der Waals surface area contributed by atoms with E-state index in [1.165, 1.54) is 12.5 Å². The van der Waals surface area contributed by atoms with Crippen LogP contribution < -0.4 is 10.6 Å². The van der Waals surface area contributed by atoms with Crippen molar-refractivity contribution < 1.29 is 18.4 Å². The zero-order valence-corrected chi connectivity index (χ0v) is 15.4.